The summed E-state index contributed by atoms with van der Waals surface area (Å²) in [6, 6.07) is 9.09. The molecule has 6 heteroatoms. The Balaban J connectivity index is 3.13. The van der Waals surface area contributed by atoms with Gasteiger partial charge in [0.05, 0.1) is 0 Å². The number of carbonyl (C=O) groups is 2. The fourth-order valence-electron chi connectivity index (χ4n) is 2.21. The van der Waals surface area contributed by atoms with Crippen LogP contribution in [0.2, 0.25) is 4.82 Å². The molecule has 1 aromatic rings. The molecule has 0 unspecified atom stereocenters. The van der Waals surface area contributed by atoms with E-state index in [0.717, 1.165) is 4.46 Å². The number of nitrogens with zero attached hydrogens (tertiary/aromatic N) is 1. The van der Waals surface area contributed by atoms with Gasteiger partial charge in [-0.1, -0.05) is 0 Å². The normalized spacial score (nSPS) is 13.5. The van der Waals surface area contributed by atoms with Crippen LogP contribution in [0.15, 0.2) is 30.3 Å². The second kappa shape index (κ2) is 9.61. The number of ether oxygens (including phenoxy) is 2. The van der Waals surface area contributed by atoms with Crippen molar-refractivity contribution in [2.45, 2.75) is 24.7 Å². The van der Waals surface area contributed by atoms with Crippen LogP contribution < -0.4 is 4.46 Å². The molecule has 0 aromatic heterocycles. The van der Waals surface area contributed by atoms with Gasteiger partial charge in [-0.25, -0.2) is 0 Å². The second-order valence-electron chi connectivity index (χ2n) is 4.56. The van der Waals surface area contributed by atoms with Crippen molar-refractivity contribution in [1.82, 2.24) is 4.90 Å². The maximum atomic E-state index is 12.3. The van der Waals surface area contributed by atoms with E-state index in [1.807, 2.05) is 49.1 Å². The van der Waals surface area contributed by atoms with E-state index in [4.69, 9.17) is 9.47 Å². The van der Waals surface area contributed by atoms with E-state index in [1.54, 1.807) is 0 Å². The van der Waals surface area contributed by atoms with Crippen molar-refractivity contribution in [3.05, 3.63) is 30.3 Å². The van der Waals surface area contributed by atoms with E-state index in [-0.39, 0.29) is 20.9 Å². The molecule has 122 valence electrons. The quantitative estimate of drug-likeness (QED) is 0.501. The minimum absolute atomic E-state index is 0.226. The van der Waals surface area contributed by atoms with Gasteiger partial charge >= 0.3 is 138 Å². The summed E-state index contributed by atoms with van der Waals surface area (Å²) < 4.78 is 10.9. The van der Waals surface area contributed by atoms with Crippen molar-refractivity contribution in [2.75, 3.05) is 27.3 Å². The second-order valence-corrected chi connectivity index (χ2v) is 7.11. The average molecular weight is 372 g/mol. The minimum atomic E-state index is -0.618. The van der Waals surface area contributed by atoms with Gasteiger partial charge in [-0.3, -0.25) is 0 Å². The molecule has 0 spiro atoms. The van der Waals surface area contributed by atoms with Gasteiger partial charge in [-0.2, -0.15) is 0 Å². The van der Waals surface area contributed by atoms with E-state index in [9.17, 15) is 9.59 Å². The fourth-order valence-corrected chi connectivity index (χ4v) is 4.75. The van der Waals surface area contributed by atoms with Gasteiger partial charge in [0.1, 0.15) is 0 Å². The summed E-state index contributed by atoms with van der Waals surface area (Å²) in [5.41, 5.74) is 0. The Hall–Kier alpha value is -1.36. The predicted octanol–water partition coefficient (Wildman–Crippen LogP) is 0.861. The molecule has 5 nitrogen and oxygen atoms in total. The van der Waals surface area contributed by atoms with Crippen LogP contribution in [-0.2, 0) is 19.1 Å². The van der Waals surface area contributed by atoms with Crippen molar-refractivity contribution in [2.24, 2.45) is 0 Å². The van der Waals surface area contributed by atoms with Crippen LogP contribution >= 0.6 is 0 Å². The summed E-state index contributed by atoms with van der Waals surface area (Å²) in [6.45, 7) is 5.25. The van der Waals surface area contributed by atoms with Gasteiger partial charge in [0, 0.05) is 0 Å². The summed E-state index contributed by atoms with van der Waals surface area (Å²) in [7, 11) is 2.70. The number of rotatable bonds is 8. The molecule has 0 fully saturated rings. The third-order valence-corrected chi connectivity index (χ3v) is 5.99. The molecule has 1 rings (SSSR count). The third kappa shape index (κ3) is 4.83. The molecule has 0 radical (unpaired) electrons. The summed E-state index contributed by atoms with van der Waals surface area (Å²) in [4.78, 5) is 25.9. The Morgan fingerprint density at radius 1 is 1.05 bits per heavy atom. The van der Waals surface area contributed by atoms with Crippen LogP contribution in [-0.4, -0.2) is 65.1 Å². The molecule has 0 aliphatic rings. The molecular weight excluding hydrogens is 349 g/mol. The van der Waals surface area contributed by atoms with Crippen LogP contribution in [0.1, 0.15) is 13.8 Å². The van der Waals surface area contributed by atoms with Crippen LogP contribution in [0.3, 0.4) is 0 Å². The van der Waals surface area contributed by atoms with Gasteiger partial charge in [0.25, 0.3) is 0 Å². The van der Waals surface area contributed by atoms with Crippen molar-refractivity contribution in [3.63, 3.8) is 0 Å². The number of carbonyl (C=O) groups excluding carboxylic acids is 2. The first-order chi connectivity index (χ1) is 10.6. The first-order valence-electron chi connectivity index (χ1n) is 7.20. The standard InChI is InChI=1S/C16H23NO4Se/c1-5-17(6-2)13(15(18)20-3)14(16(19)21-4)22-12-10-8-7-9-11-12/h7-11,13-14H,5-6H2,1-4H3/t13-,14+/m0/s1. The Kier molecular flexibility index (Phi) is 8.17. The van der Waals surface area contributed by atoms with Crippen molar-refractivity contribution in [1.29, 1.82) is 0 Å². The molecule has 22 heavy (non-hydrogen) atoms. The monoisotopic (exact) mass is 373 g/mol. The van der Waals surface area contributed by atoms with Crippen LogP contribution in [0.4, 0.5) is 0 Å². The van der Waals surface area contributed by atoms with Gasteiger partial charge in [0.15, 0.2) is 0 Å². The Morgan fingerprint density at radius 3 is 2.05 bits per heavy atom. The summed E-state index contributed by atoms with van der Waals surface area (Å²) in [5.74, 6) is -0.761. The summed E-state index contributed by atoms with van der Waals surface area (Å²) >= 11 is -0.226. The number of likely N-dealkylation sites (N-methyl/N-ethyl adjacent to an activating group) is 1. The van der Waals surface area contributed by atoms with E-state index in [2.05, 4.69) is 0 Å². The molecule has 0 saturated carbocycles. The number of hydrogen-bond acceptors (Lipinski definition) is 5. The van der Waals surface area contributed by atoms with E-state index < -0.39 is 16.8 Å². The predicted molar refractivity (Wildman–Crippen MR) is 86.3 cm³/mol. The molecule has 0 aliphatic heterocycles. The summed E-state index contributed by atoms with van der Waals surface area (Å²) in [6.07, 6.45) is 0. The number of hydrogen-bond donors (Lipinski definition) is 0. The van der Waals surface area contributed by atoms with Crippen LogP contribution in [0.5, 0.6) is 0 Å². The molecule has 0 bridgehead atoms. The first kappa shape index (κ1) is 18.7. The molecule has 0 saturated heterocycles. The van der Waals surface area contributed by atoms with E-state index >= 15 is 0 Å². The molecular formula is C16H23NO4Se. The Bertz CT molecular complexity index is 476. The fraction of sp³-hybridized carbons (Fsp3) is 0.500. The first-order valence-corrected chi connectivity index (χ1v) is 9.04. The van der Waals surface area contributed by atoms with Crippen molar-refractivity contribution in [3.8, 4) is 0 Å². The third-order valence-electron chi connectivity index (χ3n) is 3.37. The van der Waals surface area contributed by atoms with E-state index in [0.29, 0.717) is 13.1 Å². The van der Waals surface area contributed by atoms with Gasteiger partial charge in [-0.05, 0) is 0 Å². The SMILES string of the molecule is CCN(CC)[C@H](C(=O)OC)[C@@H]([Se]c1ccccc1)C(=O)OC. The molecule has 1 aromatic carbocycles. The number of esters is 2. The van der Waals surface area contributed by atoms with Crippen LogP contribution in [0, 0.1) is 0 Å². The van der Waals surface area contributed by atoms with Crippen LogP contribution in [0.25, 0.3) is 0 Å². The average Bonchev–Trinajstić information content (AvgIpc) is 2.57. The Labute approximate surface area is 138 Å². The molecule has 0 N–H and O–H groups in total. The van der Waals surface area contributed by atoms with Gasteiger partial charge < -0.3 is 0 Å². The molecule has 0 heterocycles. The molecule has 2 atom stereocenters. The van der Waals surface area contributed by atoms with Gasteiger partial charge in [0.2, 0.25) is 0 Å². The number of benzene rings is 1. The summed E-state index contributed by atoms with van der Waals surface area (Å²) in [5, 5.41) is 0. The number of methoxy groups -OCH3 is 2. The molecule has 0 aliphatic carbocycles. The maximum absolute atomic E-state index is 12.3. The zero-order valence-corrected chi connectivity index (χ0v) is 15.2. The molecule has 0 amide bonds. The topological polar surface area (TPSA) is 55.8 Å². The van der Waals surface area contributed by atoms with E-state index in [1.165, 1.54) is 14.2 Å². The van der Waals surface area contributed by atoms with Gasteiger partial charge in [-0.15, -0.1) is 0 Å². The zero-order chi connectivity index (χ0) is 16.5. The van der Waals surface area contributed by atoms with Crippen molar-refractivity contribution < 1.29 is 19.1 Å². The van der Waals surface area contributed by atoms with Crippen molar-refractivity contribution >= 4 is 31.4 Å². The Morgan fingerprint density at radius 2 is 1.59 bits per heavy atom. The zero-order valence-electron chi connectivity index (χ0n) is 13.4.